The van der Waals surface area contributed by atoms with Crippen molar-refractivity contribution in [2.45, 2.75) is 20.4 Å². The smallest absolute Gasteiger partial charge is 0.349 e. The molecule has 0 saturated heterocycles. The lowest BCUT2D eigenvalue weighted by Gasteiger charge is -2.17. The summed E-state index contributed by atoms with van der Waals surface area (Å²) in [6, 6.07) is 3.97. The number of hydrogen-bond donors (Lipinski definition) is 3. The van der Waals surface area contributed by atoms with Gasteiger partial charge in [-0.3, -0.25) is 9.78 Å². The molecule has 2 heterocycles. The minimum absolute atomic E-state index is 0. The Labute approximate surface area is 162 Å². The van der Waals surface area contributed by atoms with E-state index in [1.807, 2.05) is 30.5 Å². The third kappa shape index (κ3) is 4.21. The molecule has 0 fully saturated rings. The number of halogens is 2. The van der Waals surface area contributed by atoms with Crippen LogP contribution in [-0.4, -0.2) is 39.2 Å². The molecule has 0 unspecified atom stereocenters. The number of nitrogens with zero attached hydrogens (tertiary/aromatic N) is 3. The van der Waals surface area contributed by atoms with Gasteiger partial charge >= 0.3 is 5.69 Å². The zero-order valence-corrected chi connectivity index (χ0v) is 16.1. The lowest BCUT2D eigenvalue weighted by molar-refractivity contribution is -0.653. The van der Waals surface area contributed by atoms with Gasteiger partial charge in [-0.05, 0) is 37.1 Å². The molecule has 5 N–H and O–H groups in total. The van der Waals surface area contributed by atoms with Crippen molar-refractivity contribution in [3.8, 4) is 11.5 Å². The monoisotopic (exact) mass is 399 g/mol. The molecule has 1 aromatic rings. The van der Waals surface area contributed by atoms with Gasteiger partial charge in [-0.2, -0.15) is 4.98 Å². The summed E-state index contributed by atoms with van der Waals surface area (Å²) in [5.74, 6) is 0.320. The normalized spacial score (nSPS) is 10.6. The molecule has 26 heavy (non-hydrogen) atoms. The molecule has 0 aromatic heterocycles. The lowest BCUT2D eigenvalue weighted by Crippen LogP contribution is -3.00. The molecule has 1 aromatic carbocycles. The summed E-state index contributed by atoms with van der Waals surface area (Å²) in [7, 11) is 0. The van der Waals surface area contributed by atoms with E-state index in [1.54, 1.807) is 0 Å². The number of H-pyrrole nitrogens is 1. The van der Waals surface area contributed by atoms with Crippen LogP contribution in [0, 0.1) is 13.8 Å². The minimum Gasteiger partial charge on any atom is -1.00 e. The molecule has 0 saturated carbocycles. The van der Waals surface area contributed by atoms with E-state index < -0.39 is 11.2 Å². The Balaban J connectivity index is 0.00000169. The number of rotatable bonds is 5. The van der Waals surface area contributed by atoms with Gasteiger partial charge in [0.25, 0.3) is 5.56 Å². The van der Waals surface area contributed by atoms with Crippen LogP contribution < -0.4 is 47.1 Å². The standard InChI is InChI=1S/C16H20N6O2.2ClH/c1-9-7-11-12(8-10(9)2)22(6-5-18-4-3-17)14-13(19-11)15(23)21-16(24)20-14;;/h7-8,18H,3-6,17H2,1-2H3,(H,21,23,24);2*1H/p-1. The molecule has 2 aliphatic rings. The number of aromatic amines is 1. The molecule has 0 spiro atoms. The fraction of sp³-hybridized carbons (Fsp3) is 0.375. The number of fused-ring (bicyclic) bond motifs is 2. The number of aromatic nitrogens is 4. The first kappa shape index (κ1) is 22.0. The summed E-state index contributed by atoms with van der Waals surface area (Å²) < 4.78 is 1.90. The van der Waals surface area contributed by atoms with E-state index in [4.69, 9.17) is 5.73 Å². The van der Waals surface area contributed by atoms with E-state index in [2.05, 4.69) is 20.3 Å². The molecular weight excluding hydrogens is 379 g/mol. The van der Waals surface area contributed by atoms with Gasteiger partial charge in [0, 0.05) is 6.54 Å². The minimum atomic E-state index is -0.655. The second kappa shape index (κ2) is 9.09. The second-order valence-electron chi connectivity index (χ2n) is 5.89. The fourth-order valence-corrected chi connectivity index (χ4v) is 2.76. The lowest BCUT2D eigenvalue weighted by atomic mass is 10.1. The maximum atomic E-state index is 12.1. The highest BCUT2D eigenvalue weighted by Crippen LogP contribution is 2.23. The highest BCUT2D eigenvalue weighted by Gasteiger charge is 2.19. The first-order chi connectivity index (χ1) is 11.5. The van der Waals surface area contributed by atoms with E-state index in [1.165, 1.54) is 0 Å². The van der Waals surface area contributed by atoms with Crippen molar-refractivity contribution >= 4 is 11.0 Å². The van der Waals surface area contributed by atoms with Crippen molar-refractivity contribution < 1.29 is 30.1 Å². The summed E-state index contributed by atoms with van der Waals surface area (Å²) in [4.78, 5) is 34.4. The van der Waals surface area contributed by atoms with Crippen molar-refractivity contribution in [1.82, 2.24) is 19.5 Å². The Kier molecular flexibility index (Phi) is 7.70. The van der Waals surface area contributed by atoms with Gasteiger partial charge in [0.15, 0.2) is 11.5 Å². The zero-order valence-electron chi connectivity index (χ0n) is 14.6. The van der Waals surface area contributed by atoms with Crippen LogP contribution in [0.3, 0.4) is 0 Å². The van der Waals surface area contributed by atoms with Gasteiger partial charge in [0.1, 0.15) is 0 Å². The van der Waals surface area contributed by atoms with Crippen molar-refractivity contribution in [1.29, 1.82) is 0 Å². The Bertz CT molecular complexity index is 985. The molecule has 142 valence electrons. The van der Waals surface area contributed by atoms with Crippen molar-refractivity contribution in [2.75, 3.05) is 19.6 Å². The number of hydrogen-bond acceptors (Lipinski definition) is 5. The number of quaternary nitrogens is 1. The summed E-state index contributed by atoms with van der Waals surface area (Å²) in [5, 5.41) is 2.09. The zero-order chi connectivity index (χ0) is 17.3. The van der Waals surface area contributed by atoms with Gasteiger partial charge in [0.2, 0.25) is 0 Å². The van der Waals surface area contributed by atoms with Crippen LogP contribution in [0.1, 0.15) is 11.1 Å². The highest BCUT2D eigenvalue weighted by molar-refractivity contribution is 5.81. The second-order valence-corrected chi connectivity index (χ2v) is 5.89. The van der Waals surface area contributed by atoms with Crippen LogP contribution in [0.25, 0.3) is 22.6 Å². The van der Waals surface area contributed by atoms with Crippen LogP contribution in [-0.2, 0) is 6.54 Å². The Morgan fingerprint density at radius 3 is 2.50 bits per heavy atom. The maximum absolute atomic E-state index is 12.1. The van der Waals surface area contributed by atoms with Crippen LogP contribution in [0.2, 0.25) is 0 Å². The summed E-state index contributed by atoms with van der Waals surface area (Å²) >= 11 is 0. The summed E-state index contributed by atoms with van der Waals surface area (Å²) in [6.45, 7) is 6.82. The van der Waals surface area contributed by atoms with Gasteiger partial charge in [-0.15, -0.1) is 0 Å². The number of nitrogens with two attached hydrogens (primary N) is 2. The predicted octanol–water partition coefficient (Wildman–Crippen LogP) is -7.27. The van der Waals surface area contributed by atoms with Crippen LogP contribution >= 0.6 is 0 Å². The number of benzene rings is 1. The molecule has 0 amide bonds. The molecule has 10 heteroatoms. The SMILES string of the molecule is Cc1cc2nc3c(=O)[nH]c(=O)nc-3n(CC[NH2+]CCN)c2cc1C.[Cl-].[Cl-]. The van der Waals surface area contributed by atoms with Gasteiger partial charge < -0.3 is 40.4 Å². The number of nitrogens with one attached hydrogen (secondary N) is 1. The van der Waals surface area contributed by atoms with Crippen LogP contribution in [0.4, 0.5) is 0 Å². The highest BCUT2D eigenvalue weighted by atomic mass is 35.5. The van der Waals surface area contributed by atoms with Crippen molar-refractivity contribution in [3.05, 3.63) is 44.1 Å². The van der Waals surface area contributed by atoms with Crippen molar-refractivity contribution in [3.63, 3.8) is 0 Å². The molecule has 0 radical (unpaired) electrons. The largest absolute Gasteiger partial charge is 1.00 e. The van der Waals surface area contributed by atoms with Crippen LogP contribution in [0.15, 0.2) is 21.7 Å². The van der Waals surface area contributed by atoms with Crippen LogP contribution in [0.5, 0.6) is 0 Å². The molecule has 3 rings (SSSR count). The van der Waals surface area contributed by atoms with Gasteiger partial charge in [-0.25, -0.2) is 9.78 Å². The van der Waals surface area contributed by atoms with Gasteiger partial charge in [-0.1, -0.05) is 0 Å². The molecule has 0 aliphatic carbocycles. The van der Waals surface area contributed by atoms with E-state index in [0.717, 1.165) is 35.2 Å². The topological polar surface area (TPSA) is 123 Å². The fourth-order valence-electron chi connectivity index (χ4n) is 2.76. The van der Waals surface area contributed by atoms with E-state index in [9.17, 15) is 9.59 Å². The van der Waals surface area contributed by atoms with Crippen molar-refractivity contribution in [2.24, 2.45) is 5.73 Å². The van der Waals surface area contributed by atoms with E-state index in [0.29, 0.717) is 18.9 Å². The first-order valence-corrected chi connectivity index (χ1v) is 7.95. The third-order valence-electron chi connectivity index (χ3n) is 4.15. The quantitative estimate of drug-likeness (QED) is 0.290. The average molecular weight is 400 g/mol. The van der Waals surface area contributed by atoms with E-state index in [-0.39, 0.29) is 30.5 Å². The third-order valence-corrected chi connectivity index (χ3v) is 4.15. The predicted molar refractivity (Wildman–Crippen MR) is 91.2 cm³/mol. The molecule has 0 atom stereocenters. The Hall–Kier alpha value is -2.00. The Morgan fingerprint density at radius 1 is 1.12 bits per heavy atom. The summed E-state index contributed by atoms with van der Waals surface area (Å²) in [5.41, 5.74) is 8.34. The molecule has 0 bridgehead atoms. The molecule has 8 nitrogen and oxygen atoms in total. The Morgan fingerprint density at radius 2 is 1.81 bits per heavy atom. The van der Waals surface area contributed by atoms with Gasteiger partial charge in [0.05, 0.1) is 30.7 Å². The molecular formula is C16H21Cl2N6O2-. The summed E-state index contributed by atoms with van der Waals surface area (Å²) in [6.07, 6.45) is 0. The molecule has 2 aliphatic heterocycles. The van der Waals surface area contributed by atoms with E-state index >= 15 is 0 Å². The number of aryl methyl sites for hydroxylation is 2. The average Bonchev–Trinajstić information content (AvgIpc) is 2.53. The maximum Gasteiger partial charge on any atom is 0.349 e. The first-order valence-electron chi connectivity index (χ1n) is 7.95.